The van der Waals surface area contributed by atoms with Gasteiger partial charge in [0.15, 0.2) is 5.82 Å². The van der Waals surface area contributed by atoms with Crippen molar-refractivity contribution in [3.05, 3.63) is 98.9 Å². The molecule has 178 valence electrons. The fraction of sp³-hybridized carbons (Fsp3) is 0.308. The Bertz CT molecular complexity index is 1460. The molecule has 8 nitrogen and oxygen atoms in total. The molecule has 1 aliphatic rings. The van der Waals surface area contributed by atoms with Crippen LogP contribution in [0.4, 0.5) is 0 Å². The van der Waals surface area contributed by atoms with E-state index < -0.39 is 0 Å². The predicted octanol–water partition coefficient (Wildman–Crippen LogP) is 4.41. The molecule has 0 bridgehead atoms. The Balaban J connectivity index is 1.30. The van der Waals surface area contributed by atoms with E-state index in [9.17, 15) is 4.79 Å². The first kappa shape index (κ1) is 21.9. The highest BCUT2D eigenvalue weighted by Gasteiger charge is 2.34. The molecule has 9 heteroatoms. The summed E-state index contributed by atoms with van der Waals surface area (Å²) in [5, 5.41) is 15.1. The second-order valence-corrected chi connectivity index (χ2v) is 10.0. The van der Waals surface area contributed by atoms with Crippen LogP contribution in [0.1, 0.15) is 54.2 Å². The molecule has 1 unspecified atom stereocenters. The molecular weight excluding hydrogens is 458 g/mol. The van der Waals surface area contributed by atoms with Crippen molar-refractivity contribution in [3.63, 3.8) is 0 Å². The number of thiophene rings is 1. The summed E-state index contributed by atoms with van der Waals surface area (Å²) in [4.78, 5) is 19.4. The Morgan fingerprint density at radius 2 is 1.77 bits per heavy atom. The van der Waals surface area contributed by atoms with Crippen LogP contribution in [0.25, 0.3) is 11.0 Å². The highest BCUT2D eigenvalue weighted by molar-refractivity contribution is 7.10. The number of benzene rings is 2. The molecule has 0 saturated carbocycles. The molecule has 0 amide bonds. The van der Waals surface area contributed by atoms with Crippen LogP contribution in [-0.4, -0.2) is 47.7 Å². The van der Waals surface area contributed by atoms with Gasteiger partial charge in [0.2, 0.25) is 0 Å². The summed E-state index contributed by atoms with van der Waals surface area (Å²) in [5.74, 6) is 0.853. The van der Waals surface area contributed by atoms with Crippen LogP contribution in [-0.2, 0) is 0 Å². The number of piperidine rings is 1. The Hall–Kier alpha value is -3.56. The van der Waals surface area contributed by atoms with E-state index in [-0.39, 0.29) is 23.8 Å². The van der Waals surface area contributed by atoms with Crippen molar-refractivity contribution in [2.24, 2.45) is 0 Å². The number of nitrogens with one attached hydrogen (secondary N) is 1. The number of hydrogen-bond acceptors (Lipinski definition) is 6. The molecule has 0 aliphatic carbocycles. The molecule has 2 aromatic carbocycles. The lowest BCUT2D eigenvalue weighted by Crippen LogP contribution is -2.40. The van der Waals surface area contributed by atoms with Gasteiger partial charge in [0.1, 0.15) is 6.04 Å². The van der Waals surface area contributed by atoms with E-state index in [1.807, 2.05) is 51.7 Å². The SMILES string of the molecule is C[C@@H](c1ccccc1)n1nnnc1C(c1cccs1)N1CCC(n2c(=O)[nH]c3ccccc32)CC1. The topological polar surface area (TPSA) is 84.6 Å². The molecule has 5 aromatic rings. The monoisotopic (exact) mass is 485 g/mol. The minimum Gasteiger partial charge on any atom is -0.306 e. The van der Waals surface area contributed by atoms with Gasteiger partial charge in [0.25, 0.3) is 0 Å². The number of fused-ring (bicyclic) bond motifs is 1. The first-order valence-corrected chi connectivity index (χ1v) is 12.9. The summed E-state index contributed by atoms with van der Waals surface area (Å²) in [6.07, 6.45) is 1.78. The maximum Gasteiger partial charge on any atom is 0.326 e. The fourth-order valence-corrected chi connectivity index (χ4v) is 6.14. The van der Waals surface area contributed by atoms with E-state index >= 15 is 0 Å². The number of tetrazole rings is 1. The average molecular weight is 486 g/mol. The average Bonchev–Trinajstić information content (AvgIpc) is 3.65. The van der Waals surface area contributed by atoms with E-state index in [0.717, 1.165) is 42.8 Å². The fourth-order valence-electron chi connectivity index (χ4n) is 5.29. The first-order chi connectivity index (χ1) is 17.2. The summed E-state index contributed by atoms with van der Waals surface area (Å²) in [5.41, 5.74) is 3.01. The second kappa shape index (κ2) is 9.24. The van der Waals surface area contributed by atoms with Gasteiger partial charge in [-0.3, -0.25) is 9.47 Å². The van der Waals surface area contributed by atoms with Gasteiger partial charge in [0, 0.05) is 24.0 Å². The maximum atomic E-state index is 12.7. The third-order valence-electron chi connectivity index (χ3n) is 7.08. The molecule has 1 saturated heterocycles. The van der Waals surface area contributed by atoms with Crippen molar-refractivity contribution in [1.82, 2.24) is 34.7 Å². The lowest BCUT2D eigenvalue weighted by Gasteiger charge is -2.37. The molecule has 1 aliphatic heterocycles. The summed E-state index contributed by atoms with van der Waals surface area (Å²) >= 11 is 1.73. The second-order valence-electron chi connectivity index (χ2n) is 9.07. The number of rotatable bonds is 6. The number of para-hydroxylation sites is 2. The largest absolute Gasteiger partial charge is 0.326 e. The minimum absolute atomic E-state index is 0.0194. The Kier molecular flexibility index (Phi) is 5.79. The van der Waals surface area contributed by atoms with Crippen molar-refractivity contribution in [3.8, 4) is 0 Å². The normalized spacial score (nSPS) is 17.1. The van der Waals surface area contributed by atoms with E-state index in [1.165, 1.54) is 10.4 Å². The number of imidazole rings is 1. The Morgan fingerprint density at radius 1 is 1.00 bits per heavy atom. The standard InChI is InChI=1S/C26H27N7OS/c1-18(19-8-3-2-4-9-19)33-25(28-29-30-33)24(23-12-7-17-35-23)31-15-13-20(14-16-31)32-22-11-6-5-10-21(22)27-26(32)34/h2-12,17-18,20,24H,13-16H2,1H3,(H,27,34)/t18-,24?/m0/s1. The molecule has 1 N–H and O–H groups in total. The summed E-state index contributed by atoms with van der Waals surface area (Å²) in [7, 11) is 0. The number of nitrogens with zero attached hydrogens (tertiary/aromatic N) is 6. The lowest BCUT2D eigenvalue weighted by atomic mass is 10.0. The third kappa shape index (κ3) is 4.00. The zero-order chi connectivity index (χ0) is 23.8. The van der Waals surface area contributed by atoms with Gasteiger partial charge in [-0.1, -0.05) is 48.5 Å². The lowest BCUT2D eigenvalue weighted by molar-refractivity contribution is 0.147. The maximum absolute atomic E-state index is 12.7. The van der Waals surface area contributed by atoms with E-state index in [0.29, 0.717) is 0 Å². The van der Waals surface area contributed by atoms with E-state index in [1.54, 1.807) is 11.3 Å². The molecule has 4 heterocycles. The van der Waals surface area contributed by atoms with Gasteiger partial charge >= 0.3 is 5.69 Å². The summed E-state index contributed by atoms with van der Waals surface area (Å²) < 4.78 is 3.89. The summed E-state index contributed by atoms with van der Waals surface area (Å²) in [6.45, 7) is 3.84. The van der Waals surface area contributed by atoms with Crippen LogP contribution in [0.5, 0.6) is 0 Å². The molecule has 0 radical (unpaired) electrons. The molecular formula is C26H27N7OS. The Labute approximate surface area is 206 Å². The molecule has 35 heavy (non-hydrogen) atoms. The van der Waals surface area contributed by atoms with Gasteiger partial charge < -0.3 is 4.98 Å². The first-order valence-electron chi connectivity index (χ1n) is 12.0. The van der Waals surface area contributed by atoms with Crippen LogP contribution < -0.4 is 5.69 Å². The molecule has 2 atom stereocenters. The van der Waals surface area contributed by atoms with Crippen LogP contribution in [0.15, 0.2) is 76.9 Å². The summed E-state index contributed by atoms with van der Waals surface area (Å²) in [6, 6.07) is 22.7. The van der Waals surface area contributed by atoms with Gasteiger partial charge in [-0.2, -0.15) is 0 Å². The molecule has 0 spiro atoms. The van der Waals surface area contributed by atoms with Crippen LogP contribution in [0.3, 0.4) is 0 Å². The third-order valence-corrected chi connectivity index (χ3v) is 8.00. The molecule has 6 rings (SSSR count). The van der Waals surface area contributed by atoms with E-state index in [2.05, 4.69) is 62.0 Å². The Morgan fingerprint density at radius 3 is 2.54 bits per heavy atom. The smallest absolute Gasteiger partial charge is 0.306 e. The van der Waals surface area contributed by atoms with Gasteiger partial charge in [-0.05, 0) is 59.3 Å². The van der Waals surface area contributed by atoms with Gasteiger partial charge in [-0.15, -0.1) is 16.4 Å². The minimum atomic E-state index is -0.0307. The zero-order valence-corrected chi connectivity index (χ0v) is 20.3. The highest BCUT2D eigenvalue weighted by Crippen LogP contribution is 2.36. The quantitative estimate of drug-likeness (QED) is 0.385. The van der Waals surface area contributed by atoms with Crippen molar-refractivity contribution in [2.75, 3.05) is 13.1 Å². The van der Waals surface area contributed by atoms with Crippen LogP contribution in [0.2, 0.25) is 0 Å². The van der Waals surface area contributed by atoms with Gasteiger partial charge in [0.05, 0.1) is 17.1 Å². The number of aromatic amines is 1. The molecule has 1 fully saturated rings. The number of aromatic nitrogens is 6. The zero-order valence-electron chi connectivity index (χ0n) is 19.5. The highest BCUT2D eigenvalue weighted by atomic mass is 32.1. The van der Waals surface area contributed by atoms with Crippen LogP contribution in [0, 0.1) is 0 Å². The molecule has 3 aromatic heterocycles. The number of hydrogen-bond donors (Lipinski definition) is 1. The predicted molar refractivity (Wildman–Crippen MR) is 137 cm³/mol. The van der Waals surface area contributed by atoms with Crippen molar-refractivity contribution in [1.29, 1.82) is 0 Å². The number of likely N-dealkylation sites (tertiary alicyclic amines) is 1. The van der Waals surface area contributed by atoms with Crippen molar-refractivity contribution < 1.29 is 0 Å². The number of H-pyrrole nitrogens is 1. The van der Waals surface area contributed by atoms with Crippen LogP contribution >= 0.6 is 11.3 Å². The van der Waals surface area contributed by atoms with Crippen molar-refractivity contribution in [2.45, 2.75) is 37.9 Å². The van der Waals surface area contributed by atoms with E-state index in [4.69, 9.17) is 0 Å². The van der Waals surface area contributed by atoms with Crippen molar-refractivity contribution >= 4 is 22.4 Å². The van der Waals surface area contributed by atoms with Gasteiger partial charge in [-0.25, -0.2) is 9.48 Å².